The molecular formula is C14H17FO3. The number of halogens is 1. The molecule has 1 rings (SSSR count). The Morgan fingerprint density at radius 1 is 1.33 bits per heavy atom. The lowest BCUT2D eigenvalue weighted by atomic mass is 10.0. The standard InChI is InChI=1S/C14H17FO3/c1-5-18-14(16)10(3)9(2)11-6-7-13(17-4)12(15)8-11/h6-8H,5H2,1-4H3/b10-9-. The first-order valence-corrected chi connectivity index (χ1v) is 5.69. The van der Waals surface area contributed by atoms with Crippen LogP contribution in [0.15, 0.2) is 23.8 Å². The second kappa shape index (κ2) is 6.19. The number of ether oxygens (including phenoxy) is 2. The van der Waals surface area contributed by atoms with Crippen molar-refractivity contribution >= 4 is 11.5 Å². The Hall–Kier alpha value is -1.84. The predicted molar refractivity (Wildman–Crippen MR) is 67.9 cm³/mol. The van der Waals surface area contributed by atoms with Gasteiger partial charge in [0.2, 0.25) is 0 Å². The third kappa shape index (κ3) is 3.09. The summed E-state index contributed by atoms with van der Waals surface area (Å²) in [6.45, 7) is 5.48. The van der Waals surface area contributed by atoms with Crippen LogP contribution >= 0.6 is 0 Å². The fourth-order valence-corrected chi connectivity index (χ4v) is 1.51. The zero-order chi connectivity index (χ0) is 13.7. The summed E-state index contributed by atoms with van der Waals surface area (Å²) >= 11 is 0. The van der Waals surface area contributed by atoms with E-state index in [4.69, 9.17) is 9.47 Å². The van der Waals surface area contributed by atoms with Crippen molar-refractivity contribution in [2.24, 2.45) is 0 Å². The molecule has 0 saturated heterocycles. The lowest BCUT2D eigenvalue weighted by Crippen LogP contribution is -2.06. The van der Waals surface area contributed by atoms with Gasteiger partial charge in [-0.25, -0.2) is 9.18 Å². The summed E-state index contributed by atoms with van der Waals surface area (Å²) in [7, 11) is 1.41. The van der Waals surface area contributed by atoms with Gasteiger partial charge in [0.15, 0.2) is 11.6 Å². The molecule has 0 aliphatic rings. The number of methoxy groups -OCH3 is 1. The Morgan fingerprint density at radius 2 is 2.00 bits per heavy atom. The van der Waals surface area contributed by atoms with Crippen LogP contribution in [0.1, 0.15) is 26.3 Å². The van der Waals surface area contributed by atoms with E-state index in [1.165, 1.54) is 19.2 Å². The number of benzene rings is 1. The van der Waals surface area contributed by atoms with Gasteiger partial charge in [-0.1, -0.05) is 6.07 Å². The van der Waals surface area contributed by atoms with Crippen LogP contribution in [0.5, 0.6) is 5.75 Å². The van der Waals surface area contributed by atoms with Crippen molar-refractivity contribution in [3.63, 3.8) is 0 Å². The van der Waals surface area contributed by atoms with Gasteiger partial charge in [0.25, 0.3) is 0 Å². The SMILES string of the molecule is CCOC(=O)/C(C)=C(/C)c1ccc(OC)c(F)c1. The van der Waals surface area contributed by atoms with Crippen LogP contribution in [0, 0.1) is 5.82 Å². The maximum atomic E-state index is 13.6. The van der Waals surface area contributed by atoms with Crippen LogP contribution in [0.2, 0.25) is 0 Å². The topological polar surface area (TPSA) is 35.5 Å². The smallest absolute Gasteiger partial charge is 0.333 e. The quantitative estimate of drug-likeness (QED) is 0.610. The van der Waals surface area contributed by atoms with Gasteiger partial charge in [0.1, 0.15) is 0 Å². The van der Waals surface area contributed by atoms with E-state index >= 15 is 0 Å². The van der Waals surface area contributed by atoms with Gasteiger partial charge in [0.05, 0.1) is 13.7 Å². The van der Waals surface area contributed by atoms with E-state index in [-0.39, 0.29) is 11.7 Å². The number of hydrogen-bond acceptors (Lipinski definition) is 3. The molecule has 0 aliphatic carbocycles. The average Bonchev–Trinajstić information content (AvgIpc) is 2.37. The molecule has 18 heavy (non-hydrogen) atoms. The molecule has 1 aromatic carbocycles. The molecule has 0 heterocycles. The van der Waals surface area contributed by atoms with Gasteiger partial charge in [-0.2, -0.15) is 0 Å². The van der Waals surface area contributed by atoms with E-state index < -0.39 is 5.82 Å². The molecule has 0 amide bonds. The highest BCUT2D eigenvalue weighted by Gasteiger charge is 2.11. The highest BCUT2D eigenvalue weighted by Crippen LogP contribution is 2.24. The van der Waals surface area contributed by atoms with Gasteiger partial charge < -0.3 is 9.47 Å². The number of carbonyl (C=O) groups is 1. The second-order valence-electron chi connectivity index (χ2n) is 3.82. The maximum Gasteiger partial charge on any atom is 0.333 e. The Balaban J connectivity index is 3.10. The van der Waals surface area contributed by atoms with E-state index in [0.717, 1.165) is 0 Å². The second-order valence-corrected chi connectivity index (χ2v) is 3.82. The van der Waals surface area contributed by atoms with Crippen molar-refractivity contribution < 1.29 is 18.7 Å². The van der Waals surface area contributed by atoms with E-state index in [9.17, 15) is 9.18 Å². The third-order valence-electron chi connectivity index (χ3n) is 2.73. The summed E-state index contributed by atoms with van der Waals surface area (Å²) in [5, 5.41) is 0. The normalized spacial score (nSPS) is 11.8. The van der Waals surface area contributed by atoms with E-state index in [2.05, 4.69) is 0 Å². The molecule has 0 spiro atoms. The molecular weight excluding hydrogens is 235 g/mol. The minimum atomic E-state index is -0.453. The van der Waals surface area contributed by atoms with E-state index in [0.29, 0.717) is 23.3 Å². The Morgan fingerprint density at radius 3 is 2.50 bits per heavy atom. The lowest BCUT2D eigenvalue weighted by molar-refractivity contribution is -0.138. The van der Waals surface area contributed by atoms with Crippen LogP contribution in [0.3, 0.4) is 0 Å². The summed E-state index contributed by atoms with van der Waals surface area (Å²) < 4.78 is 23.3. The molecule has 0 aliphatic heterocycles. The monoisotopic (exact) mass is 252 g/mol. The van der Waals surface area contributed by atoms with Gasteiger partial charge in [-0.3, -0.25) is 0 Å². The van der Waals surface area contributed by atoms with Crippen LogP contribution in [-0.4, -0.2) is 19.7 Å². The van der Waals surface area contributed by atoms with Crippen molar-refractivity contribution in [2.45, 2.75) is 20.8 Å². The van der Waals surface area contributed by atoms with Gasteiger partial charge in [0, 0.05) is 5.57 Å². The van der Waals surface area contributed by atoms with Crippen molar-refractivity contribution in [1.82, 2.24) is 0 Å². The summed E-state index contributed by atoms with van der Waals surface area (Å²) in [6, 6.07) is 4.59. The van der Waals surface area contributed by atoms with Gasteiger partial charge >= 0.3 is 5.97 Å². The van der Waals surface area contributed by atoms with E-state index in [1.54, 1.807) is 26.8 Å². The molecule has 0 bridgehead atoms. The number of esters is 1. The zero-order valence-corrected chi connectivity index (χ0v) is 11.0. The first kappa shape index (κ1) is 14.2. The van der Waals surface area contributed by atoms with Gasteiger partial charge in [-0.15, -0.1) is 0 Å². The summed E-state index contributed by atoms with van der Waals surface area (Å²) in [4.78, 5) is 11.6. The molecule has 0 fully saturated rings. The lowest BCUT2D eigenvalue weighted by Gasteiger charge is -2.09. The van der Waals surface area contributed by atoms with Crippen LogP contribution < -0.4 is 4.74 Å². The molecule has 1 aromatic rings. The molecule has 98 valence electrons. The predicted octanol–water partition coefficient (Wildman–Crippen LogP) is 3.19. The number of rotatable bonds is 4. The molecule has 0 N–H and O–H groups in total. The van der Waals surface area contributed by atoms with Crippen molar-refractivity contribution in [1.29, 1.82) is 0 Å². The molecule has 0 unspecified atom stereocenters. The summed E-state index contributed by atoms with van der Waals surface area (Å²) in [5.41, 5.74) is 1.80. The summed E-state index contributed by atoms with van der Waals surface area (Å²) in [5.74, 6) is -0.655. The zero-order valence-electron chi connectivity index (χ0n) is 11.0. The number of carbonyl (C=O) groups excluding carboxylic acids is 1. The molecule has 0 aromatic heterocycles. The molecule has 0 saturated carbocycles. The highest BCUT2D eigenvalue weighted by atomic mass is 19.1. The maximum absolute atomic E-state index is 13.6. The fraction of sp³-hybridized carbons (Fsp3) is 0.357. The van der Waals surface area contributed by atoms with Crippen molar-refractivity contribution in [2.75, 3.05) is 13.7 Å². The third-order valence-corrected chi connectivity index (χ3v) is 2.73. The van der Waals surface area contributed by atoms with Crippen molar-refractivity contribution in [3.8, 4) is 5.75 Å². The molecule has 3 nitrogen and oxygen atoms in total. The Labute approximate surface area is 106 Å². The molecule has 0 atom stereocenters. The fourth-order valence-electron chi connectivity index (χ4n) is 1.51. The Bertz CT molecular complexity index is 478. The first-order valence-electron chi connectivity index (χ1n) is 5.69. The molecule has 4 heteroatoms. The van der Waals surface area contributed by atoms with Crippen LogP contribution in [0.4, 0.5) is 4.39 Å². The largest absolute Gasteiger partial charge is 0.494 e. The van der Waals surface area contributed by atoms with Crippen LogP contribution in [-0.2, 0) is 9.53 Å². The number of allylic oxidation sites excluding steroid dienone is 1. The Kier molecular flexibility index (Phi) is 4.89. The van der Waals surface area contributed by atoms with Crippen LogP contribution in [0.25, 0.3) is 5.57 Å². The first-order chi connectivity index (χ1) is 8.51. The van der Waals surface area contributed by atoms with Crippen molar-refractivity contribution in [3.05, 3.63) is 35.2 Å². The summed E-state index contributed by atoms with van der Waals surface area (Å²) in [6.07, 6.45) is 0. The number of hydrogen-bond donors (Lipinski definition) is 0. The highest BCUT2D eigenvalue weighted by molar-refractivity contribution is 5.96. The minimum Gasteiger partial charge on any atom is -0.494 e. The molecule has 0 radical (unpaired) electrons. The average molecular weight is 252 g/mol. The van der Waals surface area contributed by atoms with E-state index in [1.807, 2.05) is 0 Å². The van der Waals surface area contributed by atoms with Gasteiger partial charge in [-0.05, 0) is 44.0 Å². The minimum absolute atomic E-state index is 0.181.